The lowest BCUT2D eigenvalue weighted by Gasteiger charge is -2.18. The molecule has 0 saturated heterocycles. The Morgan fingerprint density at radius 1 is 1.33 bits per heavy atom. The van der Waals surface area contributed by atoms with Crippen molar-refractivity contribution in [2.45, 2.75) is 44.2 Å². The number of rotatable bonds is 9. The zero-order chi connectivity index (χ0) is 15.9. The SMILES string of the molecule is CCCC(COC)NS(=O)(=O)c1ccc(C)c(CNC)c1. The van der Waals surface area contributed by atoms with Gasteiger partial charge in [0, 0.05) is 19.7 Å². The van der Waals surface area contributed by atoms with Gasteiger partial charge in [-0.25, -0.2) is 13.1 Å². The lowest BCUT2D eigenvalue weighted by atomic mass is 10.1. The van der Waals surface area contributed by atoms with E-state index in [-0.39, 0.29) is 6.04 Å². The van der Waals surface area contributed by atoms with Crippen LogP contribution in [0.1, 0.15) is 30.9 Å². The second-order valence-corrected chi connectivity index (χ2v) is 6.89. The monoisotopic (exact) mass is 314 g/mol. The molecule has 6 heteroatoms. The van der Waals surface area contributed by atoms with Gasteiger partial charge < -0.3 is 10.1 Å². The molecule has 0 amide bonds. The van der Waals surface area contributed by atoms with Gasteiger partial charge in [0.1, 0.15) is 0 Å². The summed E-state index contributed by atoms with van der Waals surface area (Å²) in [4.78, 5) is 0.301. The summed E-state index contributed by atoms with van der Waals surface area (Å²) in [6.45, 7) is 5.02. The molecule has 0 spiro atoms. The van der Waals surface area contributed by atoms with Crippen LogP contribution in [0.4, 0.5) is 0 Å². The summed E-state index contributed by atoms with van der Waals surface area (Å²) in [7, 11) is -0.100. The van der Waals surface area contributed by atoms with E-state index >= 15 is 0 Å². The van der Waals surface area contributed by atoms with Crippen molar-refractivity contribution < 1.29 is 13.2 Å². The maximum atomic E-state index is 12.5. The summed E-state index contributed by atoms with van der Waals surface area (Å²) >= 11 is 0. The number of hydrogen-bond acceptors (Lipinski definition) is 4. The van der Waals surface area contributed by atoms with E-state index in [9.17, 15) is 8.42 Å². The molecule has 0 aromatic heterocycles. The molecule has 0 fully saturated rings. The fourth-order valence-electron chi connectivity index (χ4n) is 2.21. The number of hydrogen-bond donors (Lipinski definition) is 2. The topological polar surface area (TPSA) is 67.4 Å². The van der Waals surface area contributed by atoms with Crippen LogP contribution in [0.25, 0.3) is 0 Å². The molecule has 0 radical (unpaired) electrons. The Labute approximate surface area is 128 Å². The Morgan fingerprint density at radius 2 is 2.05 bits per heavy atom. The van der Waals surface area contributed by atoms with E-state index in [0.29, 0.717) is 18.0 Å². The van der Waals surface area contributed by atoms with Gasteiger partial charge in [-0.05, 0) is 43.7 Å². The maximum Gasteiger partial charge on any atom is 0.240 e. The first kappa shape index (κ1) is 18.1. The Morgan fingerprint density at radius 3 is 2.62 bits per heavy atom. The van der Waals surface area contributed by atoms with Gasteiger partial charge in [-0.2, -0.15) is 0 Å². The molecule has 0 aliphatic heterocycles. The molecule has 5 nitrogen and oxygen atoms in total. The van der Waals surface area contributed by atoms with E-state index in [1.165, 1.54) is 0 Å². The molecule has 0 heterocycles. The molecule has 1 aromatic rings. The van der Waals surface area contributed by atoms with E-state index < -0.39 is 10.0 Å². The molecule has 21 heavy (non-hydrogen) atoms. The Bertz CT molecular complexity index is 538. The summed E-state index contributed by atoms with van der Waals surface area (Å²) < 4.78 is 32.8. The number of nitrogens with one attached hydrogen (secondary N) is 2. The van der Waals surface area contributed by atoms with Gasteiger partial charge in [0.15, 0.2) is 0 Å². The van der Waals surface area contributed by atoms with E-state index in [1.54, 1.807) is 19.2 Å². The van der Waals surface area contributed by atoms with Crippen molar-refractivity contribution in [3.63, 3.8) is 0 Å². The molecule has 0 aliphatic carbocycles. The van der Waals surface area contributed by atoms with Crippen molar-refractivity contribution >= 4 is 10.0 Å². The van der Waals surface area contributed by atoms with E-state index in [2.05, 4.69) is 10.0 Å². The van der Waals surface area contributed by atoms with Gasteiger partial charge in [0.25, 0.3) is 0 Å². The summed E-state index contributed by atoms with van der Waals surface area (Å²) in [6.07, 6.45) is 1.65. The molecular weight excluding hydrogens is 288 g/mol. The van der Waals surface area contributed by atoms with Crippen LogP contribution in [-0.4, -0.2) is 35.2 Å². The summed E-state index contributed by atoms with van der Waals surface area (Å²) in [5, 5.41) is 3.05. The van der Waals surface area contributed by atoms with Gasteiger partial charge in [-0.3, -0.25) is 0 Å². The van der Waals surface area contributed by atoms with Crippen LogP contribution in [-0.2, 0) is 21.3 Å². The van der Waals surface area contributed by atoms with Crippen molar-refractivity contribution in [2.75, 3.05) is 20.8 Å². The maximum absolute atomic E-state index is 12.5. The molecule has 0 aliphatic rings. The average molecular weight is 314 g/mol. The Balaban J connectivity index is 2.98. The second kappa shape index (κ2) is 8.48. The Hall–Kier alpha value is -0.950. The molecule has 120 valence electrons. The van der Waals surface area contributed by atoms with Gasteiger partial charge in [-0.15, -0.1) is 0 Å². The van der Waals surface area contributed by atoms with Gasteiger partial charge >= 0.3 is 0 Å². The zero-order valence-corrected chi connectivity index (χ0v) is 14.1. The van der Waals surface area contributed by atoms with E-state index in [1.807, 2.05) is 27.0 Å². The first-order valence-electron chi connectivity index (χ1n) is 7.20. The molecule has 1 unspecified atom stereocenters. The van der Waals surface area contributed by atoms with Crippen molar-refractivity contribution in [3.8, 4) is 0 Å². The van der Waals surface area contributed by atoms with Crippen LogP contribution in [0.3, 0.4) is 0 Å². The third-order valence-corrected chi connectivity index (χ3v) is 4.84. The minimum absolute atomic E-state index is 0.195. The highest BCUT2D eigenvalue weighted by molar-refractivity contribution is 7.89. The fourth-order valence-corrected chi connectivity index (χ4v) is 3.51. The third kappa shape index (κ3) is 5.39. The summed E-state index contributed by atoms with van der Waals surface area (Å²) in [5.74, 6) is 0. The van der Waals surface area contributed by atoms with Gasteiger partial charge in [-0.1, -0.05) is 19.4 Å². The number of sulfonamides is 1. The van der Waals surface area contributed by atoms with Crippen molar-refractivity contribution in [2.24, 2.45) is 0 Å². The smallest absolute Gasteiger partial charge is 0.240 e. The first-order chi connectivity index (χ1) is 9.94. The van der Waals surface area contributed by atoms with Crippen molar-refractivity contribution in [1.29, 1.82) is 0 Å². The summed E-state index contributed by atoms with van der Waals surface area (Å²) in [6, 6.07) is 5.02. The van der Waals surface area contributed by atoms with Crippen LogP contribution in [0.15, 0.2) is 23.1 Å². The molecule has 1 aromatic carbocycles. The van der Waals surface area contributed by atoms with Crippen LogP contribution < -0.4 is 10.0 Å². The second-order valence-electron chi connectivity index (χ2n) is 5.18. The standard InChI is InChI=1S/C15H26N2O3S/c1-5-6-14(11-20-4)17-21(18,19)15-8-7-12(2)13(9-15)10-16-3/h7-9,14,16-17H,5-6,10-11H2,1-4H3. The predicted octanol–water partition coefficient (Wildman–Crippen LogP) is 1.81. The van der Waals surface area contributed by atoms with E-state index in [4.69, 9.17) is 4.74 Å². The number of aryl methyl sites for hydroxylation is 1. The van der Waals surface area contributed by atoms with Crippen LogP contribution in [0.5, 0.6) is 0 Å². The van der Waals surface area contributed by atoms with Gasteiger partial charge in [0.05, 0.1) is 11.5 Å². The van der Waals surface area contributed by atoms with E-state index in [0.717, 1.165) is 24.0 Å². The largest absolute Gasteiger partial charge is 0.383 e. The highest BCUT2D eigenvalue weighted by atomic mass is 32.2. The molecule has 1 rings (SSSR count). The van der Waals surface area contributed by atoms with Crippen molar-refractivity contribution in [3.05, 3.63) is 29.3 Å². The zero-order valence-electron chi connectivity index (χ0n) is 13.3. The number of benzene rings is 1. The number of methoxy groups -OCH3 is 1. The van der Waals surface area contributed by atoms with Crippen LogP contribution in [0, 0.1) is 6.92 Å². The highest BCUT2D eigenvalue weighted by Crippen LogP contribution is 2.16. The van der Waals surface area contributed by atoms with Crippen LogP contribution >= 0.6 is 0 Å². The lowest BCUT2D eigenvalue weighted by molar-refractivity contribution is 0.171. The molecule has 0 bridgehead atoms. The fraction of sp³-hybridized carbons (Fsp3) is 0.600. The summed E-state index contributed by atoms with van der Waals surface area (Å²) in [5.41, 5.74) is 2.06. The lowest BCUT2D eigenvalue weighted by Crippen LogP contribution is -2.37. The van der Waals surface area contributed by atoms with Crippen LogP contribution in [0.2, 0.25) is 0 Å². The normalized spacial score (nSPS) is 13.3. The Kier molecular flexibility index (Phi) is 7.31. The predicted molar refractivity (Wildman–Crippen MR) is 84.8 cm³/mol. The molecule has 1 atom stereocenters. The molecular formula is C15H26N2O3S. The highest BCUT2D eigenvalue weighted by Gasteiger charge is 2.20. The minimum Gasteiger partial charge on any atom is -0.383 e. The number of ether oxygens (including phenoxy) is 1. The molecule has 0 saturated carbocycles. The van der Waals surface area contributed by atoms with Crippen molar-refractivity contribution in [1.82, 2.24) is 10.0 Å². The first-order valence-corrected chi connectivity index (χ1v) is 8.68. The minimum atomic E-state index is -3.52. The molecule has 2 N–H and O–H groups in total. The average Bonchev–Trinajstić information content (AvgIpc) is 2.41. The third-order valence-electron chi connectivity index (χ3n) is 3.32. The van der Waals surface area contributed by atoms with Gasteiger partial charge in [0.2, 0.25) is 10.0 Å². The quantitative estimate of drug-likeness (QED) is 0.729.